The molecule has 1 aromatic rings. The van der Waals surface area contributed by atoms with E-state index in [1.54, 1.807) is 0 Å². The predicted molar refractivity (Wildman–Crippen MR) is 145 cm³/mol. The van der Waals surface area contributed by atoms with Crippen LogP contribution in [0, 0.1) is 0 Å². The lowest BCUT2D eigenvalue weighted by Gasteiger charge is -2.36. The Kier molecular flexibility index (Phi) is 16.6. The fraction of sp³-hybridized carbons (Fsp3) is 0.680. The summed E-state index contributed by atoms with van der Waals surface area (Å²) >= 11 is 0. The molecule has 0 amide bonds. The largest absolute Gasteiger partial charge is 0.722 e. The third kappa shape index (κ3) is 19.6. The Morgan fingerprint density at radius 1 is 0.789 bits per heavy atom. The molecule has 2 fully saturated rings. The van der Waals surface area contributed by atoms with Gasteiger partial charge in [0.1, 0.15) is 0 Å². The zero-order chi connectivity index (χ0) is 29.5. The Morgan fingerprint density at radius 2 is 1.13 bits per heavy atom. The molecule has 1 aliphatic carbocycles. The molecule has 9 nitrogen and oxygen atoms in total. The van der Waals surface area contributed by atoms with Crippen molar-refractivity contribution >= 4 is 27.1 Å². The first-order chi connectivity index (χ1) is 17.4. The Balaban J connectivity index is 0.000000465. The molecule has 1 unspecified atom stereocenters. The molecular formula is C25H45F2N3O6S2. The number of quaternary nitrogens is 2. The molecule has 4 rings (SSSR count). The average molecular weight is 586 g/mol. The molecule has 3 aliphatic rings. The van der Waals surface area contributed by atoms with E-state index >= 15 is 0 Å². The van der Waals surface area contributed by atoms with Gasteiger partial charge in [0.05, 0.1) is 53.4 Å². The molecule has 13 heteroatoms. The highest BCUT2D eigenvalue weighted by atomic mass is 32.3. The van der Waals surface area contributed by atoms with Crippen LogP contribution in [0.5, 0.6) is 0 Å². The minimum Gasteiger partial charge on any atom is -0.722 e. The molecule has 0 bridgehead atoms. The molecule has 0 saturated carbocycles. The van der Waals surface area contributed by atoms with Crippen LogP contribution in [0.25, 0.3) is 6.08 Å². The van der Waals surface area contributed by atoms with E-state index < -0.39 is 21.0 Å². The molecule has 2 N–H and O–H groups in total. The standard InChI is InChI=1S/C9H9N.2C8H18N.2FHO3S/c10-9-6-5-7-3-1-2-4-8(7)9;2*1-3-9(2)7-5-4-6-8-9;2*1-5(2,3)4/h1-6,9H,10H2;2*3-8H2,1-2H3;2*(H,2,3,4)/q;2*+1;;/p-2. The van der Waals surface area contributed by atoms with Crippen LogP contribution in [0.4, 0.5) is 7.77 Å². The van der Waals surface area contributed by atoms with Gasteiger partial charge < -0.3 is 23.8 Å². The molecule has 2 heterocycles. The molecule has 38 heavy (non-hydrogen) atoms. The summed E-state index contributed by atoms with van der Waals surface area (Å²) in [7, 11) is -6.08. The number of hydrogen-bond acceptors (Lipinski definition) is 7. The SMILES string of the molecule is CC[N+]1(C)CCCCC1.CC[N+]1(C)CCCCC1.NC1C=Cc2ccccc21.O=S(=O)([O-])F.O=S(=O)([O-])F. The number of halogens is 2. The monoisotopic (exact) mass is 585 g/mol. The Bertz CT molecular complexity index is 971. The zero-order valence-electron chi connectivity index (χ0n) is 23.0. The van der Waals surface area contributed by atoms with Gasteiger partial charge in [0, 0.05) is 6.04 Å². The molecule has 0 spiro atoms. The molecule has 1 atom stereocenters. The molecular weight excluding hydrogens is 540 g/mol. The van der Waals surface area contributed by atoms with Crippen LogP contribution in [0.3, 0.4) is 0 Å². The minimum absolute atomic E-state index is 0.121. The van der Waals surface area contributed by atoms with Crippen molar-refractivity contribution in [2.45, 2.75) is 58.4 Å². The number of benzene rings is 1. The molecule has 0 radical (unpaired) electrons. The first-order valence-electron chi connectivity index (χ1n) is 12.9. The third-order valence-corrected chi connectivity index (χ3v) is 7.16. The van der Waals surface area contributed by atoms with E-state index in [0.29, 0.717) is 0 Å². The number of piperidine rings is 2. The van der Waals surface area contributed by atoms with Gasteiger partial charge in [-0.15, -0.1) is 7.77 Å². The second-order valence-electron chi connectivity index (χ2n) is 10.2. The number of rotatable bonds is 2. The second-order valence-corrected chi connectivity index (χ2v) is 11.8. The number of nitrogens with zero attached hydrogens (tertiary/aromatic N) is 2. The van der Waals surface area contributed by atoms with Crippen molar-refractivity contribution in [3.63, 3.8) is 0 Å². The quantitative estimate of drug-likeness (QED) is 0.316. The fourth-order valence-corrected chi connectivity index (χ4v) is 4.46. The summed E-state index contributed by atoms with van der Waals surface area (Å²) in [5.74, 6) is 0. The average Bonchev–Trinajstić information content (AvgIpc) is 3.20. The van der Waals surface area contributed by atoms with E-state index in [1.807, 2.05) is 18.2 Å². The van der Waals surface area contributed by atoms with E-state index in [4.69, 9.17) is 31.7 Å². The fourth-order valence-electron chi connectivity index (χ4n) is 4.46. The van der Waals surface area contributed by atoms with Crippen LogP contribution in [0.15, 0.2) is 30.3 Å². The van der Waals surface area contributed by atoms with E-state index in [-0.39, 0.29) is 6.04 Å². The topological polar surface area (TPSA) is 140 Å². The molecule has 2 aliphatic heterocycles. The highest BCUT2D eigenvalue weighted by Gasteiger charge is 2.22. The van der Waals surface area contributed by atoms with Crippen molar-refractivity contribution in [1.29, 1.82) is 0 Å². The molecule has 0 aromatic heterocycles. The number of likely N-dealkylation sites (tertiary alicyclic amines) is 2. The van der Waals surface area contributed by atoms with Crippen molar-refractivity contribution in [2.24, 2.45) is 5.73 Å². The molecule has 1 aromatic carbocycles. The summed E-state index contributed by atoms with van der Waals surface area (Å²) in [6.45, 7) is 12.9. The van der Waals surface area contributed by atoms with Crippen molar-refractivity contribution in [3.8, 4) is 0 Å². The summed E-state index contributed by atoms with van der Waals surface area (Å²) < 4.78 is 73.3. The number of nitrogens with two attached hydrogens (primary N) is 1. The summed E-state index contributed by atoms with van der Waals surface area (Å²) in [5.41, 5.74) is 8.26. The van der Waals surface area contributed by atoms with E-state index in [0.717, 1.165) is 0 Å². The van der Waals surface area contributed by atoms with Crippen LogP contribution < -0.4 is 5.73 Å². The van der Waals surface area contributed by atoms with E-state index in [1.165, 1.54) is 97.9 Å². The van der Waals surface area contributed by atoms with Crippen LogP contribution in [0.1, 0.15) is 69.5 Å². The first kappa shape index (κ1) is 36.5. The lowest BCUT2D eigenvalue weighted by Crippen LogP contribution is -2.47. The minimum atomic E-state index is -5.42. The van der Waals surface area contributed by atoms with Gasteiger partial charge >= 0.3 is 0 Å². The van der Waals surface area contributed by atoms with Crippen LogP contribution >= 0.6 is 0 Å². The van der Waals surface area contributed by atoms with Gasteiger partial charge in [-0.3, -0.25) is 0 Å². The summed E-state index contributed by atoms with van der Waals surface area (Å²) in [6, 6.07) is 8.32. The third-order valence-electron chi connectivity index (χ3n) is 7.16. The highest BCUT2D eigenvalue weighted by Crippen LogP contribution is 2.25. The van der Waals surface area contributed by atoms with Crippen LogP contribution in [-0.2, 0) is 21.0 Å². The van der Waals surface area contributed by atoms with Gasteiger partial charge in [-0.1, -0.05) is 36.4 Å². The van der Waals surface area contributed by atoms with E-state index in [9.17, 15) is 7.77 Å². The number of hydrogen-bond donors (Lipinski definition) is 1. The van der Waals surface area contributed by atoms with Gasteiger partial charge in [-0.2, -0.15) is 0 Å². The second kappa shape index (κ2) is 17.3. The number of fused-ring (bicyclic) bond motifs is 1. The van der Waals surface area contributed by atoms with Crippen molar-refractivity contribution < 1.29 is 42.7 Å². The summed E-state index contributed by atoms with van der Waals surface area (Å²) in [4.78, 5) is 0. The zero-order valence-corrected chi connectivity index (χ0v) is 24.7. The summed E-state index contributed by atoms with van der Waals surface area (Å²) in [6.07, 6.45) is 12.8. The van der Waals surface area contributed by atoms with Crippen molar-refractivity contribution in [3.05, 3.63) is 41.5 Å². The first-order valence-corrected chi connectivity index (χ1v) is 15.5. The summed E-state index contributed by atoms with van der Waals surface area (Å²) in [5, 5.41) is 0. The normalized spacial score (nSPS) is 20.9. The highest BCUT2D eigenvalue weighted by molar-refractivity contribution is 7.80. The maximum absolute atomic E-state index is 10.1. The Labute approximate surface area is 228 Å². The van der Waals surface area contributed by atoms with Crippen molar-refractivity contribution in [2.75, 3.05) is 53.4 Å². The van der Waals surface area contributed by atoms with E-state index in [2.05, 4.69) is 46.2 Å². The lowest BCUT2D eigenvalue weighted by molar-refractivity contribution is -0.912. The van der Waals surface area contributed by atoms with Crippen LogP contribution in [-0.4, -0.2) is 88.3 Å². The smallest absolute Gasteiger partial charge is 0.255 e. The molecule has 2 saturated heterocycles. The molecule has 222 valence electrons. The van der Waals surface area contributed by atoms with Gasteiger partial charge in [-0.25, -0.2) is 16.8 Å². The van der Waals surface area contributed by atoms with Gasteiger partial charge in [0.2, 0.25) is 0 Å². The van der Waals surface area contributed by atoms with Crippen molar-refractivity contribution in [1.82, 2.24) is 0 Å². The van der Waals surface area contributed by atoms with Gasteiger partial charge in [0.15, 0.2) is 0 Å². The van der Waals surface area contributed by atoms with Gasteiger partial charge in [-0.05, 0) is 63.5 Å². The Morgan fingerprint density at radius 3 is 1.42 bits per heavy atom. The Hall–Kier alpha value is -1.48. The maximum atomic E-state index is 10.1. The maximum Gasteiger partial charge on any atom is 0.255 e. The lowest BCUT2D eigenvalue weighted by atomic mass is 10.1. The van der Waals surface area contributed by atoms with Gasteiger partial charge in [0.25, 0.3) is 21.0 Å². The predicted octanol–water partition coefficient (Wildman–Crippen LogP) is 3.82. The van der Waals surface area contributed by atoms with Crippen LogP contribution in [0.2, 0.25) is 0 Å².